The molecule has 1 N–H and O–H groups in total. The Balaban J connectivity index is 2.10. The molecule has 4 heteroatoms. The number of nitrogens with one attached hydrogen (secondary N) is 1. The summed E-state index contributed by atoms with van der Waals surface area (Å²) >= 11 is 0. The Morgan fingerprint density at radius 1 is 1.21 bits per heavy atom. The standard InChI is InChI=1S/C15H21NO3/c1-12(2)15(18)16-10-6-9-14(17)19-11-13-7-4-3-5-8-13/h3-5,7-8,12H,6,9-11H2,1-2H3,(H,16,18). The van der Waals surface area contributed by atoms with E-state index >= 15 is 0 Å². The van der Waals surface area contributed by atoms with Crippen molar-refractivity contribution in [3.05, 3.63) is 35.9 Å². The minimum Gasteiger partial charge on any atom is -0.461 e. The van der Waals surface area contributed by atoms with Gasteiger partial charge in [-0.25, -0.2) is 0 Å². The highest BCUT2D eigenvalue weighted by atomic mass is 16.5. The zero-order valence-corrected chi connectivity index (χ0v) is 11.5. The molecule has 0 radical (unpaired) electrons. The van der Waals surface area contributed by atoms with Crippen molar-refractivity contribution in [2.75, 3.05) is 6.54 Å². The van der Waals surface area contributed by atoms with Gasteiger partial charge in [0.05, 0.1) is 0 Å². The van der Waals surface area contributed by atoms with Crippen molar-refractivity contribution in [2.24, 2.45) is 5.92 Å². The number of amides is 1. The molecule has 1 amide bonds. The van der Waals surface area contributed by atoms with Crippen LogP contribution in [0.2, 0.25) is 0 Å². The van der Waals surface area contributed by atoms with Gasteiger partial charge in [0.1, 0.15) is 6.61 Å². The summed E-state index contributed by atoms with van der Waals surface area (Å²) in [5.41, 5.74) is 0.976. The van der Waals surface area contributed by atoms with Crippen LogP contribution in [-0.4, -0.2) is 18.4 Å². The highest BCUT2D eigenvalue weighted by Crippen LogP contribution is 2.02. The third kappa shape index (κ3) is 6.60. The summed E-state index contributed by atoms with van der Waals surface area (Å²) < 4.78 is 5.13. The summed E-state index contributed by atoms with van der Waals surface area (Å²) in [4.78, 5) is 22.7. The van der Waals surface area contributed by atoms with Gasteiger partial charge in [-0.15, -0.1) is 0 Å². The second-order valence-corrected chi connectivity index (χ2v) is 4.70. The lowest BCUT2D eigenvalue weighted by Gasteiger charge is -2.07. The van der Waals surface area contributed by atoms with Gasteiger partial charge >= 0.3 is 5.97 Å². The maximum absolute atomic E-state index is 11.5. The number of carbonyl (C=O) groups is 2. The third-order valence-corrected chi connectivity index (χ3v) is 2.62. The molecule has 104 valence electrons. The highest BCUT2D eigenvalue weighted by molar-refractivity contribution is 5.77. The number of esters is 1. The lowest BCUT2D eigenvalue weighted by molar-refractivity contribution is -0.145. The van der Waals surface area contributed by atoms with Crippen molar-refractivity contribution >= 4 is 11.9 Å². The Labute approximate surface area is 114 Å². The van der Waals surface area contributed by atoms with E-state index in [-0.39, 0.29) is 17.8 Å². The van der Waals surface area contributed by atoms with Gasteiger partial charge in [0.15, 0.2) is 0 Å². The Kier molecular flexibility index (Phi) is 6.64. The van der Waals surface area contributed by atoms with Gasteiger partial charge in [0.25, 0.3) is 0 Å². The zero-order chi connectivity index (χ0) is 14.1. The van der Waals surface area contributed by atoms with E-state index in [1.165, 1.54) is 0 Å². The summed E-state index contributed by atoms with van der Waals surface area (Å²) in [6.07, 6.45) is 0.928. The number of hydrogen-bond acceptors (Lipinski definition) is 3. The van der Waals surface area contributed by atoms with Crippen molar-refractivity contribution in [1.29, 1.82) is 0 Å². The molecule has 0 heterocycles. The van der Waals surface area contributed by atoms with Gasteiger partial charge in [0.2, 0.25) is 5.91 Å². The molecule has 0 aliphatic carbocycles. The molecular formula is C15H21NO3. The quantitative estimate of drug-likeness (QED) is 0.606. The molecule has 1 aromatic carbocycles. The lowest BCUT2D eigenvalue weighted by atomic mass is 10.2. The number of rotatable bonds is 7. The smallest absolute Gasteiger partial charge is 0.306 e. The fourth-order valence-corrected chi connectivity index (χ4v) is 1.46. The summed E-state index contributed by atoms with van der Waals surface area (Å²) in [6.45, 7) is 4.49. The van der Waals surface area contributed by atoms with Gasteiger partial charge in [-0.1, -0.05) is 44.2 Å². The monoisotopic (exact) mass is 263 g/mol. The molecular weight excluding hydrogens is 242 g/mol. The van der Waals surface area contributed by atoms with Crippen LogP contribution in [0.1, 0.15) is 32.3 Å². The Bertz CT molecular complexity index is 401. The van der Waals surface area contributed by atoms with Crippen LogP contribution in [0.25, 0.3) is 0 Å². The van der Waals surface area contributed by atoms with Crippen molar-refractivity contribution in [3.63, 3.8) is 0 Å². The van der Waals surface area contributed by atoms with Crippen LogP contribution < -0.4 is 5.32 Å². The molecule has 0 bridgehead atoms. The van der Waals surface area contributed by atoms with Crippen LogP contribution in [0.5, 0.6) is 0 Å². The average Bonchev–Trinajstić information content (AvgIpc) is 2.42. The van der Waals surface area contributed by atoms with Gasteiger partial charge in [0, 0.05) is 18.9 Å². The molecule has 19 heavy (non-hydrogen) atoms. The SMILES string of the molecule is CC(C)C(=O)NCCCC(=O)OCc1ccccc1. The lowest BCUT2D eigenvalue weighted by Crippen LogP contribution is -2.28. The molecule has 0 saturated carbocycles. The average molecular weight is 263 g/mol. The van der Waals surface area contributed by atoms with E-state index in [4.69, 9.17) is 4.74 Å². The van der Waals surface area contributed by atoms with Crippen LogP contribution in [0.4, 0.5) is 0 Å². The van der Waals surface area contributed by atoms with E-state index in [1.807, 2.05) is 44.2 Å². The Morgan fingerprint density at radius 2 is 1.89 bits per heavy atom. The number of carbonyl (C=O) groups excluding carboxylic acids is 2. The molecule has 0 unspecified atom stereocenters. The number of benzene rings is 1. The number of ether oxygens (including phenoxy) is 1. The van der Waals surface area contributed by atoms with Crippen molar-refractivity contribution < 1.29 is 14.3 Å². The van der Waals surface area contributed by atoms with Crippen LogP contribution in [0.3, 0.4) is 0 Å². The molecule has 4 nitrogen and oxygen atoms in total. The van der Waals surface area contributed by atoms with E-state index in [9.17, 15) is 9.59 Å². The first-order valence-corrected chi connectivity index (χ1v) is 6.57. The highest BCUT2D eigenvalue weighted by Gasteiger charge is 2.07. The van der Waals surface area contributed by atoms with E-state index < -0.39 is 0 Å². The summed E-state index contributed by atoms with van der Waals surface area (Å²) in [7, 11) is 0. The van der Waals surface area contributed by atoms with Gasteiger partial charge < -0.3 is 10.1 Å². The molecule has 0 aliphatic heterocycles. The van der Waals surface area contributed by atoms with E-state index in [0.29, 0.717) is 26.0 Å². The topological polar surface area (TPSA) is 55.4 Å². The normalized spacial score (nSPS) is 10.3. The minimum absolute atomic E-state index is 0.0117. The van der Waals surface area contributed by atoms with E-state index in [1.54, 1.807) is 0 Å². The van der Waals surface area contributed by atoms with Crippen LogP contribution in [0, 0.1) is 5.92 Å². The molecule has 1 aromatic rings. The van der Waals surface area contributed by atoms with Crippen molar-refractivity contribution in [1.82, 2.24) is 5.32 Å². The maximum atomic E-state index is 11.5. The molecule has 1 rings (SSSR count). The van der Waals surface area contributed by atoms with Gasteiger partial charge in [-0.3, -0.25) is 9.59 Å². The third-order valence-electron chi connectivity index (χ3n) is 2.62. The first-order valence-electron chi connectivity index (χ1n) is 6.57. The van der Waals surface area contributed by atoms with Crippen LogP contribution in [0.15, 0.2) is 30.3 Å². The summed E-state index contributed by atoms with van der Waals surface area (Å²) in [5.74, 6) is -0.245. The van der Waals surface area contributed by atoms with Crippen molar-refractivity contribution in [3.8, 4) is 0 Å². The van der Waals surface area contributed by atoms with Crippen LogP contribution in [-0.2, 0) is 20.9 Å². The molecule has 0 aromatic heterocycles. The molecule has 0 fully saturated rings. The second kappa shape index (κ2) is 8.29. The molecule has 0 saturated heterocycles. The number of hydrogen-bond donors (Lipinski definition) is 1. The largest absolute Gasteiger partial charge is 0.461 e. The molecule has 0 aliphatic rings. The first-order chi connectivity index (χ1) is 9.09. The maximum Gasteiger partial charge on any atom is 0.306 e. The Morgan fingerprint density at radius 3 is 2.53 bits per heavy atom. The zero-order valence-electron chi connectivity index (χ0n) is 11.5. The van der Waals surface area contributed by atoms with Gasteiger partial charge in [-0.2, -0.15) is 0 Å². The fraction of sp³-hybridized carbons (Fsp3) is 0.467. The van der Waals surface area contributed by atoms with Crippen LogP contribution >= 0.6 is 0 Å². The first kappa shape index (κ1) is 15.2. The predicted octanol–water partition coefficient (Wildman–Crippen LogP) is 2.28. The predicted molar refractivity (Wildman–Crippen MR) is 73.3 cm³/mol. The van der Waals surface area contributed by atoms with E-state index in [2.05, 4.69) is 5.32 Å². The second-order valence-electron chi connectivity index (χ2n) is 4.70. The van der Waals surface area contributed by atoms with Crippen molar-refractivity contribution in [2.45, 2.75) is 33.3 Å². The Hall–Kier alpha value is -1.84. The van der Waals surface area contributed by atoms with Gasteiger partial charge in [-0.05, 0) is 12.0 Å². The molecule has 0 atom stereocenters. The summed E-state index contributed by atoms with van der Waals surface area (Å²) in [5, 5.41) is 2.76. The summed E-state index contributed by atoms with van der Waals surface area (Å²) in [6, 6.07) is 9.56. The van der Waals surface area contributed by atoms with E-state index in [0.717, 1.165) is 5.56 Å². The molecule has 0 spiro atoms. The minimum atomic E-state index is -0.234. The fourth-order valence-electron chi connectivity index (χ4n) is 1.46.